The molecule has 0 saturated carbocycles. The minimum atomic E-state index is -4.80. The van der Waals surface area contributed by atoms with Crippen LogP contribution in [0.1, 0.15) is 31.9 Å². The second-order valence-corrected chi connectivity index (χ2v) is 4.81. The van der Waals surface area contributed by atoms with E-state index in [0.717, 1.165) is 11.1 Å². The summed E-state index contributed by atoms with van der Waals surface area (Å²) in [7, 11) is 0. The van der Waals surface area contributed by atoms with Gasteiger partial charge in [-0.05, 0) is 30.9 Å². The Morgan fingerprint density at radius 1 is 1.20 bits per heavy atom. The fraction of sp³-hybridized carbons (Fsp3) is 0.500. The monoisotopic (exact) mass is 288 g/mol. The van der Waals surface area contributed by atoms with Gasteiger partial charge in [0.2, 0.25) is 0 Å². The average Bonchev–Trinajstić information content (AvgIpc) is 2.37. The van der Waals surface area contributed by atoms with Crippen LogP contribution in [0.5, 0.6) is 0 Å². The van der Waals surface area contributed by atoms with E-state index in [2.05, 4.69) is 5.32 Å². The number of benzene rings is 1. The van der Waals surface area contributed by atoms with E-state index in [-0.39, 0.29) is 0 Å². The zero-order chi connectivity index (χ0) is 15.6. The molecule has 112 valence electrons. The highest BCUT2D eigenvalue weighted by atomic mass is 19.4. The first-order chi connectivity index (χ1) is 9.15. The summed E-state index contributed by atoms with van der Waals surface area (Å²) in [4.78, 5) is 11.9. The molecule has 1 aromatic rings. The van der Waals surface area contributed by atoms with E-state index in [4.69, 9.17) is 5.73 Å². The van der Waals surface area contributed by atoms with Crippen LogP contribution >= 0.6 is 0 Å². The van der Waals surface area contributed by atoms with E-state index in [9.17, 15) is 18.0 Å². The lowest BCUT2D eigenvalue weighted by Gasteiger charge is -2.27. The number of anilines is 1. The summed E-state index contributed by atoms with van der Waals surface area (Å²) in [5.74, 6) is -1.25. The van der Waals surface area contributed by atoms with E-state index in [0.29, 0.717) is 25.5 Å². The minimum Gasteiger partial charge on any atom is -0.324 e. The summed E-state index contributed by atoms with van der Waals surface area (Å²) >= 11 is 0. The van der Waals surface area contributed by atoms with E-state index in [1.54, 1.807) is 12.1 Å². The first-order valence-corrected chi connectivity index (χ1v) is 6.43. The van der Waals surface area contributed by atoms with Crippen molar-refractivity contribution >= 4 is 11.6 Å². The van der Waals surface area contributed by atoms with Crippen LogP contribution in [0.4, 0.5) is 18.9 Å². The van der Waals surface area contributed by atoms with Gasteiger partial charge in [-0.2, -0.15) is 13.2 Å². The van der Waals surface area contributed by atoms with Crippen molar-refractivity contribution in [2.45, 2.75) is 45.3 Å². The predicted octanol–water partition coefficient (Wildman–Crippen LogP) is 3.03. The van der Waals surface area contributed by atoms with Crippen LogP contribution in [0.15, 0.2) is 18.2 Å². The number of alkyl halides is 3. The zero-order valence-electron chi connectivity index (χ0n) is 11.8. The van der Waals surface area contributed by atoms with Gasteiger partial charge >= 0.3 is 6.18 Å². The number of aryl methyl sites for hydroxylation is 2. The minimum absolute atomic E-state index is 0.434. The van der Waals surface area contributed by atoms with Gasteiger partial charge in [0.05, 0.1) is 0 Å². The van der Waals surface area contributed by atoms with Crippen molar-refractivity contribution in [3.05, 3.63) is 29.3 Å². The quantitative estimate of drug-likeness (QED) is 0.894. The second kappa shape index (κ2) is 5.83. The third kappa shape index (κ3) is 3.12. The third-order valence-electron chi connectivity index (χ3n) is 3.30. The molecule has 0 spiro atoms. The summed E-state index contributed by atoms with van der Waals surface area (Å²) in [6.45, 7) is 4.41. The number of carbonyl (C=O) groups excluding carboxylic acids is 1. The number of hydrogen-bond donors (Lipinski definition) is 2. The molecule has 1 rings (SSSR count). The third-order valence-corrected chi connectivity index (χ3v) is 3.30. The van der Waals surface area contributed by atoms with Crippen molar-refractivity contribution in [2.24, 2.45) is 5.73 Å². The first kappa shape index (κ1) is 16.5. The van der Waals surface area contributed by atoms with Crippen molar-refractivity contribution in [3.63, 3.8) is 0 Å². The van der Waals surface area contributed by atoms with Gasteiger partial charge in [0, 0.05) is 5.69 Å². The Bertz CT molecular complexity index is 473. The molecule has 0 aliphatic carbocycles. The molecule has 0 aromatic heterocycles. The molecule has 0 aliphatic rings. The Labute approximate surface area is 116 Å². The van der Waals surface area contributed by atoms with Crippen LogP contribution in [0, 0.1) is 0 Å². The molecule has 0 radical (unpaired) electrons. The highest BCUT2D eigenvalue weighted by Crippen LogP contribution is 2.30. The lowest BCUT2D eigenvalue weighted by atomic mass is 9.99. The number of amides is 1. The van der Waals surface area contributed by atoms with Gasteiger partial charge in [0.25, 0.3) is 5.91 Å². The molecule has 0 bridgehead atoms. The smallest absolute Gasteiger partial charge is 0.324 e. The maximum Gasteiger partial charge on any atom is 0.415 e. The normalized spacial score (nSPS) is 14.8. The summed E-state index contributed by atoms with van der Waals surface area (Å²) in [6.07, 6.45) is -3.59. The number of rotatable bonds is 4. The van der Waals surface area contributed by atoms with E-state index < -0.39 is 17.6 Å². The van der Waals surface area contributed by atoms with Crippen LogP contribution in [0.25, 0.3) is 0 Å². The molecule has 20 heavy (non-hydrogen) atoms. The molecule has 0 saturated heterocycles. The maximum atomic E-state index is 12.8. The van der Waals surface area contributed by atoms with Gasteiger partial charge < -0.3 is 11.1 Å². The summed E-state index contributed by atoms with van der Waals surface area (Å²) in [6, 6.07) is 5.37. The number of halogens is 3. The molecule has 1 amide bonds. The molecule has 3 nitrogen and oxygen atoms in total. The summed E-state index contributed by atoms with van der Waals surface area (Å²) in [5, 5.41) is 2.34. The van der Waals surface area contributed by atoms with Crippen LogP contribution in [-0.4, -0.2) is 17.6 Å². The van der Waals surface area contributed by atoms with Gasteiger partial charge in [-0.25, -0.2) is 0 Å². The zero-order valence-corrected chi connectivity index (χ0v) is 11.8. The molecule has 1 unspecified atom stereocenters. The summed E-state index contributed by atoms with van der Waals surface area (Å²) in [5.41, 5.74) is 4.22. The molecule has 3 N–H and O–H groups in total. The lowest BCUT2D eigenvalue weighted by molar-refractivity contribution is -0.184. The van der Waals surface area contributed by atoms with Gasteiger partial charge in [0.15, 0.2) is 5.54 Å². The largest absolute Gasteiger partial charge is 0.415 e. The molecule has 0 heterocycles. The fourth-order valence-corrected chi connectivity index (χ4v) is 1.78. The van der Waals surface area contributed by atoms with Crippen LogP contribution in [0.2, 0.25) is 0 Å². The Kier molecular flexibility index (Phi) is 4.81. The van der Waals surface area contributed by atoms with Gasteiger partial charge in [-0.15, -0.1) is 0 Å². The lowest BCUT2D eigenvalue weighted by Crippen LogP contribution is -2.59. The standard InChI is InChI=1S/C14H19F3N2O/c1-4-9-7-6-8-10(5-2)11(9)19-12(20)13(3,18)14(15,16)17/h6-8H,4-5,18H2,1-3H3,(H,19,20). The molecule has 1 aromatic carbocycles. The van der Waals surface area contributed by atoms with E-state index >= 15 is 0 Å². The number of carbonyl (C=O) groups is 1. The highest BCUT2D eigenvalue weighted by Gasteiger charge is 2.54. The highest BCUT2D eigenvalue weighted by molar-refractivity contribution is 5.99. The van der Waals surface area contributed by atoms with Crippen molar-refractivity contribution < 1.29 is 18.0 Å². The molecule has 6 heteroatoms. The second-order valence-electron chi connectivity index (χ2n) is 4.81. The Morgan fingerprint density at radius 2 is 1.65 bits per heavy atom. The number of nitrogens with one attached hydrogen (secondary N) is 1. The average molecular weight is 288 g/mol. The van der Waals surface area contributed by atoms with Crippen LogP contribution < -0.4 is 11.1 Å². The molecule has 0 aliphatic heterocycles. The molecular formula is C14H19F3N2O. The van der Waals surface area contributed by atoms with Crippen LogP contribution in [0.3, 0.4) is 0 Å². The number of nitrogens with two attached hydrogens (primary N) is 1. The van der Waals surface area contributed by atoms with Gasteiger partial charge in [-0.1, -0.05) is 32.0 Å². The Morgan fingerprint density at radius 3 is 2.00 bits per heavy atom. The Balaban J connectivity index is 3.14. The molecular weight excluding hydrogens is 269 g/mol. The fourth-order valence-electron chi connectivity index (χ4n) is 1.78. The molecule has 1 atom stereocenters. The maximum absolute atomic E-state index is 12.8. The summed E-state index contributed by atoms with van der Waals surface area (Å²) < 4.78 is 38.3. The van der Waals surface area contributed by atoms with Crippen molar-refractivity contribution in [2.75, 3.05) is 5.32 Å². The predicted molar refractivity (Wildman–Crippen MR) is 72.5 cm³/mol. The van der Waals surface area contributed by atoms with Gasteiger partial charge in [0.1, 0.15) is 0 Å². The molecule has 0 fully saturated rings. The van der Waals surface area contributed by atoms with Crippen molar-refractivity contribution in [1.82, 2.24) is 0 Å². The first-order valence-electron chi connectivity index (χ1n) is 6.43. The number of hydrogen-bond acceptors (Lipinski definition) is 2. The van der Waals surface area contributed by atoms with Crippen molar-refractivity contribution in [3.8, 4) is 0 Å². The van der Waals surface area contributed by atoms with E-state index in [1.165, 1.54) is 0 Å². The number of para-hydroxylation sites is 1. The van der Waals surface area contributed by atoms with Crippen LogP contribution in [-0.2, 0) is 17.6 Å². The SMILES string of the molecule is CCc1cccc(CC)c1NC(=O)C(C)(N)C(F)(F)F. The van der Waals surface area contributed by atoms with Crippen molar-refractivity contribution in [1.29, 1.82) is 0 Å². The van der Waals surface area contributed by atoms with E-state index in [1.807, 2.05) is 19.9 Å². The Hall–Kier alpha value is -1.56. The topological polar surface area (TPSA) is 55.1 Å². The van der Waals surface area contributed by atoms with Gasteiger partial charge in [-0.3, -0.25) is 4.79 Å².